The van der Waals surface area contributed by atoms with Gasteiger partial charge < -0.3 is 10.5 Å². The lowest BCUT2D eigenvalue weighted by molar-refractivity contribution is 0.0805. The predicted molar refractivity (Wildman–Crippen MR) is 69.7 cm³/mol. The number of ether oxygens (including phenoxy) is 1. The molecule has 0 bridgehead atoms. The number of nitrogens with two attached hydrogens (primary N) is 1. The first-order valence-corrected chi connectivity index (χ1v) is 8.40. The number of hydrogen-bond acceptors (Lipinski definition) is 4. The summed E-state index contributed by atoms with van der Waals surface area (Å²) in [6, 6.07) is 0.0782. The lowest BCUT2D eigenvalue weighted by Gasteiger charge is -2.23. The fourth-order valence-electron chi connectivity index (χ4n) is 2.47. The lowest BCUT2D eigenvalue weighted by Crippen LogP contribution is -2.35. The monoisotopic (exact) mass is 263 g/mol. The molecular weight excluding hydrogens is 238 g/mol. The Balaban J connectivity index is 2.32. The standard InChI is InChI=1S/C12H25NO3S/c1-3-12-10(7-8-16-12)11(13)6-5-9-17(14,15)4-2/h10-12H,3-9,13H2,1-2H3. The van der Waals surface area contributed by atoms with E-state index in [0.29, 0.717) is 12.3 Å². The van der Waals surface area contributed by atoms with E-state index in [-0.39, 0.29) is 23.7 Å². The van der Waals surface area contributed by atoms with E-state index >= 15 is 0 Å². The summed E-state index contributed by atoms with van der Waals surface area (Å²) in [5.41, 5.74) is 6.14. The highest BCUT2D eigenvalue weighted by Gasteiger charge is 2.31. The first-order valence-electron chi connectivity index (χ1n) is 6.57. The van der Waals surface area contributed by atoms with Gasteiger partial charge in [0.05, 0.1) is 11.9 Å². The maximum atomic E-state index is 11.4. The zero-order valence-corrected chi connectivity index (χ0v) is 11.7. The van der Waals surface area contributed by atoms with Crippen LogP contribution in [-0.2, 0) is 14.6 Å². The molecule has 1 rings (SSSR count). The van der Waals surface area contributed by atoms with Gasteiger partial charge in [-0.05, 0) is 25.7 Å². The Morgan fingerprint density at radius 3 is 2.71 bits per heavy atom. The zero-order valence-electron chi connectivity index (χ0n) is 10.9. The molecule has 0 aromatic carbocycles. The largest absolute Gasteiger partial charge is 0.378 e. The molecule has 0 saturated carbocycles. The van der Waals surface area contributed by atoms with Gasteiger partial charge in [-0.2, -0.15) is 0 Å². The number of rotatable bonds is 7. The summed E-state index contributed by atoms with van der Waals surface area (Å²) in [4.78, 5) is 0. The third-order valence-corrected chi connectivity index (χ3v) is 5.44. The van der Waals surface area contributed by atoms with Gasteiger partial charge in [-0.15, -0.1) is 0 Å². The fraction of sp³-hybridized carbons (Fsp3) is 1.00. The van der Waals surface area contributed by atoms with Gasteiger partial charge in [-0.25, -0.2) is 8.42 Å². The quantitative estimate of drug-likeness (QED) is 0.752. The van der Waals surface area contributed by atoms with E-state index in [4.69, 9.17) is 10.5 Å². The van der Waals surface area contributed by atoms with Crippen LogP contribution in [0.2, 0.25) is 0 Å². The van der Waals surface area contributed by atoms with E-state index in [1.54, 1.807) is 6.92 Å². The van der Waals surface area contributed by atoms with Crippen LogP contribution in [0, 0.1) is 5.92 Å². The van der Waals surface area contributed by atoms with Crippen LogP contribution in [0.3, 0.4) is 0 Å². The van der Waals surface area contributed by atoms with Gasteiger partial charge in [0.2, 0.25) is 0 Å². The third kappa shape index (κ3) is 4.56. The first-order chi connectivity index (χ1) is 8.00. The first kappa shape index (κ1) is 14.9. The molecule has 102 valence electrons. The molecule has 1 fully saturated rings. The third-order valence-electron chi connectivity index (χ3n) is 3.65. The summed E-state index contributed by atoms with van der Waals surface area (Å²) in [5, 5.41) is 0. The summed E-state index contributed by atoms with van der Waals surface area (Å²) in [5.74, 6) is 0.901. The van der Waals surface area contributed by atoms with Crippen molar-refractivity contribution in [3.63, 3.8) is 0 Å². The molecule has 0 aliphatic carbocycles. The van der Waals surface area contributed by atoms with Gasteiger partial charge in [-0.1, -0.05) is 13.8 Å². The van der Waals surface area contributed by atoms with Gasteiger partial charge in [0.25, 0.3) is 0 Å². The number of hydrogen-bond donors (Lipinski definition) is 1. The predicted octanol–water partition coefficient (Wildman–Crippen LogP) is 1.34. The van der Waals surface area contributed by atoms with Crippen LogP contribution >= 0.6 is 0 Å². The second-order valence-corrected chi connectivity index (χ2v) is 7.29. The molecule has 1 saturated heterocycles. The van der Waals surface area contributed by atoms with Crippen LogP contribution in [0.25, 0.3) is 0 Å². The molecule has 3 atom stereocenters. The lowest BCUT2D eigenvalue weighted by atomic mass is 9.89. The van der Waals surface area contributed by atoms with Crippen LogP contribution in [-0.4, -0.2) is 38.7 Å². The Kier molecular flexibility index (Phi) is 5.89. The van der Waals surface area contributed by atoms with Crippen molar-refractivity contribution in [1.82, 2.24) is 0 Å². The average molecular weight is 263 g/mol. The molecule has 1 heterocycles. The van der Waals surface area contributed by atoms with Crippen molar-refractivity contribution < 1.29 is 13.2 Å². The summed E-state index contributed by atoms with van der Waals surface area (Å²) >= 11 is 0. The molecule has 0 spiro atoms. The average Bonchev–Trinajstić information content (AvgIpc) is 2.76. The SMILES string of the molecule is CCC1OCCC1C(N)CCCS(=O)(=O)CC. The van der Waals surface area contributed by atoms with E-state index in [1.165, 1.54) is 0 Å². The van der Waals surface area contributed by atoms with Crippen molar-refractivity contribution in [1.29, 1.82) is 0 Å². The summed E-state index contributed by atoms with van der Waals surface area (Å²) in [7, 11) is -2.84. The Hall–Kier alpha value is -0.130. The molecule has 0 aromatic heterocycles. The van der Waals surface area contributed by atoms with Gasteiger partial charge in [0.15, 0.2) is 0 Å². The van der Waals surface area contributed by atoms with Crippen molar-refractivity contribution in [2.75, 3.05) is 18.1 Å². The van der Waals surface area contributed by atoms with Gasteiger partial charge in [0.1, 0.15) is 9.84 Å². The molecule has 4 nitrogen and oxygen atoms in total. The van der Waals surface area contributed by atoms with E-state index in [2.05, 4.69) is 6.92 Å². The number of sulfone groups is 1. The van der Waals surface area contributed by atoms with Crippen LogP contribution in [0.5, 0.6) is 0 Å². The topological polar surface area (TPSA) is 69.4 Å². The second kappa shape index (κ2) is 6.71. The van der Waals surface area contributed by atoms with Crippen molar-refractivity contribution in [2.24, 2.45) is 11.7 Å². The Morgan fingerprint density at radius 2 is 2.12 bits per heavy atom. The Bertz CT molecular complexity index is 316. The molecule has 0 amide bonds. The molecule has 0 aromatic rings. The zero-order chi connectivity index (χ0) is 12.9. The van der Waals surface area contributed by atoms with Crippen molar-refractivity contribution in [3.05, 3.63) is 0 Å². The van der Waals surface area contributed by atoms with Crippen molar-refractivity contribution >= 4 is 9.84 Å². The minimum atomic E-state index is -2.84. The smallest absolute Gasteiger partial charge is 0.150 e. The van der Waals surface area contributed by atoms with Gasteiger partial charge in [-0.3, -0.25) is 0 Å². The highest BCUT2D eigenvalue weighted by molar-refractivity contribution is 7.91. The van der Waals surface area contributed by atoms with E-state index < -0.39 is 9.84 Å². The van der Waals surface area contributed by atoms with E-state index in [0.717, 1.165) is 25.9 Å². The van der Waals surface area contributed by atoms with Crippen LogP contribution in [0.15, 0.2) is 0 Å². The van der Waals surface area contributed by atoms with Crippen LogP contribution < -0.4 is 5.73 Å². The van der Waals surface area contributed by atoms with Gasteiger partial charge in [0, 0.05) is 24.3 Å². The Labute approximate surface area is 105 Å². The molecule has 0 radical (unpaired) electrons. The maximum Gasteiger partial charge on any atom is 0.150 e. The Morgan fingerprint density at radius 1 is 1.41 bits per heavy atom. The molecule has 1 aliphatic rings. The van der Waals surface area contributed by atoms with E-state index in [9.17, 15) is 8.42 Å². The molecule has 1 aliphatic heterocycles. The molecule has 5 heteroatoms. The normalized spacial score (nSPS) is 27.2. The van der Waals surface area contributed by atoms with E-state index in [1.807, 2.05) is 0 Å². The summed E-state index contributed by atoms with van der Waals surface area (Å²) in [6.07, 6.45) is 3.73. The highest BCUT2D eigenvalue weighted by atomic mass is 32.2. The molecule has 17 heavy (non-hydrogen) atoms. The minimum absolute atomic E-state index is 0.0782. The second-order valence-electron chi connectivity index (χ2n) is 4.81. The van der Waals surface area contributed by atoms with Crippen LogP contribution in [0.1, 0.15) is 39.5 Å². The van der Waals surface area contributed by atoms with Crippen molar-refractivity contribution in [2.45, 2.75) is 51.7 Å². The summed E-state index contributed by atoms with van der Waals surface area (Å²) < 4.78 is 28.3. The fourth-order valence-corrected chi connectivity index (χ4v) is 3.37. The maximum absolute atomic E-state index is 11.4. The van der Waals surface area contributed by atoms with Crippen molar-refractivity contribution in [3.8, 4) is 0 Å². The molecule has 2 N–H and O–H groups in total. The summed E-state index contributed by atoms with van der Waals surface area (Å²) in [6.45, 7) is 4.59. The van der Waals surface area contributed by atoms with Crippen LogP contribution in [0.4, 0.5) is 0 Å². The molecule has 3 unspecified atom stereocenters. The van der Waals surface area contributed by atoms with Gasteiger partial charge >= 0.3 is 0 Å². The molecular formula is C12H25NO3S. The highest BCUT2D eigenvalue weighted by Crippen LogP contribution is 2.27. The minimum Gasteiger partial charge on any atom is -0.378 e.